The van der Waals surface area contributed by atoms with Crippen molar-refractivity contribution in [1.29, 1.82) is 0 Å². The molecule has 0 unspecified atom stereocenters. The van der Waals surface area contributed by atoms with E-state index >= 15 is 0 Å². The molecule has 0 heterocycles. The molecule has 11 nitrogen and oxygen atoms in total. The third-order valence-corrected chi connectivity index (χ3v) is 5.65. The van der Waals surface area contributed by atoms with Crippen LogP contribution in [-0.2, 0) is 31.0 Å². The van der Waals surface area contributed by atoms with Gasteiger partial charge in [0.15, 0.2) is 0 Å². The van der Waals surface area contributed by atoms with Crippen LogP contribution in [0.3, 0.4) is 0 Å². The van der Waals surface area contributed by atoms with Crippen molar-refractivity contribution in [3.63, 3.8) is 0 Å². The van der Waals surface area contributed by atoms with E-state index in [1.807, 2.05) is 0 Å². The van der Waals surface area contributed by atoms with Crippen molar-refractivity contribution in [2.75, 3.05) is 33.2 Å². The second-order valence-corrected chi connectivity index (χ2v) is 8.54. The highest BCUT2D eigenvalue weighted by atomic mass is 32.2. The molecule has 0 aromatic heterocycles. The standard InChI is InChI=1S/C23H27NO10S/c1-30-17-12-20(32-3)18(21(13-17)33-4)9-10-35(28,29)24-16-5-6-19(31-2)15(11-16)14-34-23(27)8-7-22(25)26/h5-6,9-13,24H,7-8,14H2,1-4H3,(H,25,26). The Labute approximate surface area is 203 Å². The quantitative estimate of drug-likeness (QED) is 0.386. The van der Waals surface area contributed by atoms with Crippen LogP contribution >= 0.6 is 0 Å². The van der Waals surface area contributed by atoms with Gasteiger partial charge >= 0.3 is 11.9 Å². The molecule has 0 amide bonds. The van der Waals surface area contributed by atoms with Crippen molar-refractivity contribution in [3.8, 4) is 23.0 Å². The van der Waals surface area contributed by atoms with E-state index < -0.39 is 22.0 Å². The van der Waals surface area contributed by atoms with Gasteiger partial charge in [-0.1, -0.05) is 0 Å². The molecule has 2 rings (SSSR count). The number of nitrogens with one attached hydrogen (secondary N) is 1. The number of esters is 1. The van der Waals surface area contributed by atoms with Crippen LogP contribution in [0.2, 0.25) is 0 Å². The molecule has 0 aliphatic carbocycles. The molecular formula is C23H27NO10S. The minimum Gasteiger partial charge on any atom is -0.496 e. The van der Waals surface area contributed by atoms with Gasteiger partial charge < -0.3 is 28.8 Å². The van der Waals surface area contributed by atoms with Crippen LogP contribution in [0.15, 0.2) is 35.7 Å². The van der Waals surface area contributed by atoms with E-state index in [4.69, 9.17) is 28.8 Å². The summed E-state index contributed by atoms with van der Waals surface area (Å²) in [6.07, 6.45) is 0.688. The number of hydrogen-bond acceptors (Lipinski definition) is 9. The van der Waals surface area contributed by atoms with Crippen molar-refractivity contribution in [2.45, 2.75) is 19.4 Å². The number of rotatable bonds is 13. The zero-order valence-corrected chi connectivity index (χ0v) is 20.5. The van der Waals surface area contributed by atoms with Gasteiger partial charge in [0, 0.05) is 23.4 Å². The number of carboxylic acids is 1. The highest BCUT2D eigenvalue weighted by molar-refractivity contribution is 7.95. The van der Waals surface area contributed by atoms with Gasteiger partial charge in [0.2, 0.25) is 0 Å². The molecule has 0 bridgehead atoms. The molecule has 2 N–H and O–H groups in total. The lowest BCUT2D eigenvalue weighted by Gasteiger charge is -2.13. The summed E-state index contributed by atoms with van der Waals surface area (Å²) in [5.41, 5.74) is 0.976. The van der Waals surface area contributed by atoms with Gasteiger partial charge in [-0.05, 0) is 24.3 Å². The third-order valence-electron chi connectivity index (χ3n) is 4.64. The van der Waals surface area contributed by atoms with E-state index in [0.29, 0.717) is 34.1 Å². The first-order valence-electron chi connectivity index (χ1n) is 10.2. The van der Waals surface area contributed by atoms with Crippen LogP contribution in [0.25, 0.3) is 6.08 Å². The summed E-state index contributed by atoms with van der Waals surface area (Å²) in [7, 11) is 1.80. The highest BCUT2D eigenvalue weighted by Crippen LogP contribution is 2.35. The fraction of sp³-hybridized carbons (Fsp3) is 0.304. The number of carbonyl (C=O) groups is 2. The van der Waals surface area contributed by atoms with Crippen LogP contribution < -0.4 is 23.7 Å². The molecule has 2 aromatic carbocycles. The largest absolute Gasteiger partial charge is 0.496 e. The first-order valence-corrected chi connectivity index (χ1v) is 11.7. The van der Waals surface area contributed by atoms with Gasteiger partial charge in [0.25, 0.3) is 10.0 Å². The van der Waals surface area contributed by atoms with E-state index in [0.717, 1.165) is 5.41 Å². The fourth-order valence-electron chi connectivity index (χ4n) is 2.95. The van der Waals surface area contributed by atoms with E-state index in [9.17, 15) is 18.0 Å². The van der Waals surface area contributed by atoms with Gasteiger partial charge in [0.05, 0.1) is 52.3 Å². The number of methoxy groups -OCH3 is 4. The van der Waals surface area contributed by atoms with E-state index in [-0.39, 0.29) is 25.1 Å². The summed E-state index contributed by atoms with van der Waals surface area (Å²) < 4.78 is 53.9. The number of sulfonamides is 1. The molecule has 35 heavy (non-hydrogen) atoms. The average molecular weight is 510 g/mol. The molecule has 0 fully saturated rings. The predicted octanol–water partition coefficient (Wildman–Crippen LogP) is 3.04. The molecule has 0 spiro atoms. The van der Waals surface area contributed by atoms with Gasteiger partial charge in [-0.3, -0.25) is 14.3 Å². The molecule has 0 aliphatic heterocycles. The lowest BCUT2D eigenvalue weighted by molar-refractivity contribution is -0.148. The summed E-state index contributed by atoms with van der Waals surface area (Å²) in [5, 5.41) is 9.61. The van der Waals surface area contributed by atoms with Gasteiger partial charge in [-0.15, -0.1) is 0 Å². The molecular weight excluding hydrogens is 482 g/mol. The maximum Gasteiger partial charge on any atom is 0.306 e. The molecule has 0 aliphatic rings. The minimum atomic E-state index is -3.97. The second-order valence-electron chi connectivity index (χ2n) is 6.98. The summed E-state index contributed by atoms with van der Waals surface area (Å²) in [6.45, 7) is -0.229. The average Bonchev–Trinajstić information content (AvgIpc) is 2.84. The Morgan fingerprint density at radius 3 is 2.09 bits per heavy atom. The second kappa shape index (κ2) is 12.5. The number of benzene rings is 2. The van der Waals surface area contributed by atoms with Crippen molar-refractivity contribution < 1.29 is 46.8 Å². The van der Waals surface area contributed by atoms with Gasteiger partial charge in [-0.25, -0.2) is 8.42 Å². The number of carboxylic acid groups (broad SMARTS) is 1. The first-order chi connectivity index (χ1) is 16.6. The summed E-state index contributed by atoms with van der Waals surface area (Å²) in [6, 6.07) is 7.63. The molecule has 2 aromatic rings. The van der Waals surface area contributed by atoms with Crippen LogP contribution in [-0.4, -0.2) is 53.9 Å². The SMILES string of the molecule is COc1cc(OC)c(C=CS(=O)(=O)Nc2ccc(OC)c(COC(=O)CCC(=O)O)c2)c(OC)c1. The smallest absolute Gasteiger partial charge is 0.306 e. The molecule has 12 heteroatoms. The van der Waals surface area contributed by atoms with Crippen LogP contribution in [0.5, 0.6) is 23.0 Å². The Kier molecular flexibility index (Phi) is 9.76. The number of carbonyl (C=O) groups excluding carboxylic acids is 1. The lowest BCUT2D eigenvalue weighted by Crippen LogP contribution is -2.11. The molecule has 0 atom stereocenters. The van der Waals surface area contributed by atoms with Crippen LogP contribution in [0, 0.1) is 0 Å². The van der Waals surface area contributed by atoms with Crippen molar-refractivity contribution in [3.05, 3.63) is 46.9 Å². The number of anilines is 1. The zero-order chi connectivity index (χ0) is 26.0. The van der Waals surface area contributed by atoms with E-state index in [2.05, 4.69) is 4.72 Å². The zero-order valence-electron chi connectivity index (χ0n) is 19.7. The Morgan fingerprint density at radius 1 is 0.914 bits per heavy atom. The summed E-state index contributed by atoms with van der Waals surface area (Å²) in [4.78, 5) is 22.3. The Bertz CT molecular complexity index is 1170. The monoisotopic (exact) mass is 509 g/mol. The van der Waals surface area contributed by atoms with Gasteiger partial charge in [-0.2, -0.15) is 0 Å². The maximum atomic E-state index is 12.7. The Morgan fingerprint density at radius 2 is 1.54 bits per heavy atom. The minimum absolute atomic E-state index is 0.195. The third kappa shape index (κ3) is 8.10. The molecule has 0 saturated heterocycles. The lowest BCUT2D eigenvalue weighted by atomic mass is 10.1. The number of ether oxygens (including phenoxy) is 5. The van der Waals surface area contributed by atoms with Crippen molar-refractivity contribution in [2.24, 2.45) is 0 Å². The summed E-state index contributed by atoms with van der Waals surface area (Å²) in [5.74, 6) is -0.277. The number of hydrogen-bond donors (Lipinski definition) is 2. The molecule has 190 valence electrons. The molecule has 0 saturated carbocycles. The normalized spacial score (nSPS) is 11.1. The summed E-state index contributed by atoms with van der Waals surface area (Å²) >= 11 is 0. The number of aliphatic carboxylic acids is 1. The Balaban J connectivity index is 2.22. The highest BCUT2D eigenvalue weighted by Gasteiger charge is 2.15. The van der Waals surface area contributed by atoms with Crippen LogP contribution in [0.1, 0.15) is 24.0 Å². The first kappa shape index (κ1) is 27.3. The van der Waals surface area contributed by atoms with Crippen LogP contribution in [0.4, 0.5) is 5.69 Å². The Hall–Kier alpha value is -3.93. The predicted molar refractivity (Wildman–Crippen MR) is 127 cm³/mol. The maximum absolute atomic E-state index is 12.7. The van der Waals surface area contributed by atoms with E-state index in [1.165, 1.54) is 52.7 Å². The van der Waals surface area contributed by atoms with E-state index in [1.54, 1.807) is 12.1 Å². The topological polar surface area (TPSA) is 147 Å². The van der Waals surface area contributed by atoms with Gasteiger partial charge in [0.1, 0.15) is 29.6 Å². The fourth-order valence-corrected chi connectivity index (χ4v) is 3.79. The molecule has 0 radical (unpaired) electrons. The van der Waals surface area contributed by atoms with Crippen molar-refractivity contribution in [1.82, 2.24) is 0 Å². The van der Waals surface area contributed by atoms with Crippen molar-refractivity contribution >= 4 is 33.7 Å².